The first-order valence-electron chi connectivity index (χ1n) is 13.3. The molecule has 2 aliphatic heterocycles. The fourth-order valence-corrected chi connectivity index (χ4v) is 6.37. The summed E-state index contributed by atoms with van der Waals surface area (Å²) in [4.78, 5) is 17.5. The van der Waals surface area contributed by atoms with E-state index >= 15 is 0 Å². The molecule has 2 aromatic carbocycles. The Kier molecular flexibility index (Phi) is 6.61. The summed E-state index contributed by atoms with van der Waals surface area (Å²) in [7, 11) is 0. The minimum atomic E-state index is -0.111. The number of anilines is 2. The third kappa shape index (κ3) is 5.09. The molecule has 2 N–H and O–H groups in total. The minimum absolute atomic E-state index is 0.111. The van der Waals surface area contributed by atoms with Crippen LogP contribution in [-0.2, 0) is 0 Å². The zero-order valence-electron chi connectivity index (χ0n) is 20.7. The Morgan fingerprint density at radius 3 is 2.58 bits per heavy atom. The van der Waals surface area contributed by atoms with Gasteiger partial charge in [0.1, 0.15) is 0 Å². The van der Waals surface area contributed by atoms with Gasteiger partial charge in [0.05, 0.1) is 5.69 Å². The molecule has 3 fully saturated rings. The summed E-state index contributed by atoms with van der Waals surface area (Å²) in [5.74, 6) is 2.57. The summed E-state index contributed by atoms with van der Waals surface area (Å²) in [6, 6.07) is 13.6. The first kappa shape index (κ1) is 23.7. The molecule has 2 aromatic rings. The number of fused-ring (bicyclic) bond motifs is 1. The van der Waals surface area contributed by atoms with E-state index in [2.05, 4.69) is 32.6 Å². The van der Waals surface area contributed by atoms with E-state index in [4.69, 9.17) is 21.1 Å². The van der Waals surface area contributed by atoms with Crippen molar-refractivity contribution in [1.29, 1.82) is 0 Å². The topological polar surface area (TPSA) is 66.1 Å². The fraction of sp³-hybridized carbons (Fsp3) is 0.536. The number of ether oxygens (including phenoxy) is 2. The third-order valence-electron chi connectivity index (χ3n) is 8.64. The summed E-state index contributed by atoms with van der Waals surface area (Å²) in [5.41, 5.74) is 2.27. The van der Waals surface area contributed by atoms with Crippen LogP contribution in [0.1, 0.15) is 38.5 Å². The van der Waals surface area contributed by atoms with E-state index in [0.717, 1.165) is 61.4 Å². The normalized spacial score (nSPS) is 27.2. The number of benzene rings is 2. The van der Waals surface area contributed by atoms with Crippen molar-refractivity contribution in [3.05, 3.63) is 47.5 Å². The maximum absolute atomic E-state index is 12.4. The number of carbonyl (C=O) groups is 1. The number of nitrogens with one attached hydrogen (secondary N) is 2. The fourth-order valence-electron chi connectivity index (χ4n) is 6.25. The molecule has 2 aliphatic carbocycles. The van der Waals surface area contributed by atoms with Gasteiger partial charge in [-0.25, -0.2) is 4.79 Å². The van der Waals surface area contributed by atoms with Gasteiger partial charge in [-0.15, -0.1) is 0 Å². The smallest absolute Gasteiger partial charge is 0.319 e. The Bertz CT molecular complexity index is 1080. The lowest BCUT2D eigenvalue weighted by atomic mass is 9.78. The molecule has 2 heterocycles. The Hall–Kier alpha value is -2.64. The third-order valence-corrected chi connectivity index (χ3v) is 8.89. The van der Waals surface area contributed by atoms with Gasteiger partial charge in [0.2, 0.25) is 6.79 Å². The van der Waals surface area contributed by atoms with Gasteiger partial charge in [-0.1, -0.05) is 17.7 Å². The average molecular weight is 511 g/mol. The summed E-state index contributed by atoms with van der Waals surface area (Å²) in [6.45, 7) is 5.75. The van der Waals surface area contributed by atoms with Crippen LogP contribution in [0.3, 0.4) is 0 Å². The highest BCUT2D eigenvalue weighted by molar-refractivity contribution is 6.30. The number of piperazine rings is 1. The van der Waals surface area contributed by atoms with Crippen LogP contribution in [0.15, 0.2) is 42.5 Å². The standard InChI is InChI=1S/C28H35ClN4O3/c29-21-4-6-22(7-5-21)30-27(34)31-25-18-28(25)11-8-20(9-12-28)10-13-32-14-16-33(17-15-32)23-2-1-3-24-26(23)36-19-35-24/h1-7,20,25H,8-19H2,(H2,30,31,34)/t20?,25-,28?/m0/s1. The van der Waals surface area contributed by atoms with Crippen molar-refractivity contribution in [3.8, 4) is 11.5 Å². The Balaban J connectivity index is 0.900. The molecule has 0 unspecified atom stereocenters. The molecule has 1 atom stereocenters. The number of nitrogens with zero attached hydrogens (tertiary/aromatic N) is 2. The number of para-hydroxylation sites is 1. The second-order valence-electron chi connectivity index (χ2n) is 10.8. The van der Waals surface area contributed by atoms with Crippen molar-refractivity contribution in [1.82, 2.24) is 10.2 Å². The summed E-state index contributed by atoms with van der Waals surface area (Å²) < 4.78 is 11.3. The van der Waals surface area contributed by atoms with Crippen LogP contribution in [-0.4, -0.2) is 56.5 Å². The molecule has 0 aromatic heterocycles. The van der Waals surface area contributed by atoms with E-state index in [1.165, 1.54) is 38.6 Å². The predicted octanol–water partition coefficient (Wildman–Crippen LogP) is 5.35. The number of halogens is 1. The van der Waals surface area contributed by atoms with Crippen LogP contribution < -0.4 is 25.0 Å². The number of amides is 2. The molecular formula is C28H35ClN4O3. The molecule has 4 aliphatic rings. The average Bonchev–Trinajstić information content (AvgIpc) is 3.31. The lowest BCUT2D eigenvalue weighted by Crippen LogP contribution is -2.47. The van der Waals surface area contributed by atoms with Gasteiger partial charge in [0, 0.05) is 42.9 Å². The number of urea groups is 1. The molecule has 8 heteroatoms. The molecule has 192 valence electrons. The molecule has 36 heavy (non-hydrogen) atoms. The van der Waals surface area contributed by atoms with E-state index in [0.29, 0.717) is 23.3 Å². The highest BCUT2D eigenvalue weighted by Gasteiger charge is 2.55. The molecule has 6 rings (SSSR count). The van der Waals surface area contributed by atoms with Gasteiger partial charge in [0.25, 0.3) is 0 Å². The van der Waals surface area contributed by atoms with Crippen LogP contribution in [0.2, 0.25) is 5.02 Å². The van der Waals surface area contributed by atoms with Crippen molar-refractivity contribution in [2.75, 3.05) is 49.7 Å². The number of hydrogen-bond acceptors (Lipinski definition) is 5. The monoisotopic (exact) mass is 510 g/mol. The van der Waals surface area contributed by atoms with E-state index < -0.39 is 0 Å². The van der Waals surface area contributed by atoms with Gasteiger partial charge >= 0.3 is 6.03 Å². The van der Waals surface area contributed by atoms with Crippen LogP contribution >= 0.6 is 11.6 Å². The quantitative estimate of drug-likeness (QED) is 0.548. The van der Waals surface area contributed by atoms with Crippen molar-refractivity contribution in [2.24, 2.45) is 11.3 Å². The van der Waals surface area contributed by atoms with E-state index in [1.807, 2.05) is 18.2 Å². The molecule has 0 radical (unpaired) electrons. The van der Waals surface area contributed by atoms with Gasteiger partial charge in [-0.2, -0.15) is 0 Å². The number of rotatable bonds is 6. The van der Waals surface area contributed by atoms with Crippen LogP contribution in [0.5, 0.6) is 11.5 Å². The zero-order valence-corrected chi connectivity index (χ0v) is 21.4. The minimum Gasteiger partial charge on any atom is -0.454 e. The van der Waals surface area contributed by atoms with Crippen LogP contribution in [0.4, 0.5) is 16.2 Å². The van der Waals surface area contributed by atoms with E-state index in [1.54, 1.807) is 12.1 Å². The lowest BCUT2D eigenvalue weighted by molar-refractivity contribution is 0.173. The summed E-state index contributed by atoms with van der Waals surface area (Å²) in [5, 5.41) is 6.79. The second kappa shape index (κ2) is 10.0. The highest BCUT2D eigenvalue weighted by atomic mass is 35.5. The van der Waals surface area contributed by atoms with Crippen molar-refractivity contribution in [2.45, 2.75) is 44.6 Å². The molecule has 2 saturated carbocycles. The summed E-state index contributed by atoms with van der Waals surface area (Å²) >= 11 is 5.92. The Morgan fingerprint density at radius 2 is 1.81 bits per heavy atom. The number of hydrogen-bond donors (Lipinski definition) is 2. The number of carbonyl (C=O) groups excluding carboxylic acids is 1. The SMILES string of the molecule is O=C(Nc1ccc(Cl)cc1)N[C@H]1CC12CCC(CCN1CCN(c3cccc4c3OCO4)CC1)CC2. The van der Waals surface area contributed by atoms with Gasteiger partial charge in [0.15, 0.2) is 11.5 Å². The molecule has 0 bridgehead atoms. The zero-order chi connectivity index (χ0) is 24.5. The van der Waals surface area contributed by atoms with Gasteiger partial charge < -0.3 is 25.0 Å². The summed E-state index contributed by atoms with van der Waals surface area (Å²) in [6.07, 6.45) is 7.43. The largest absolute Gasteiger partial charge is 0.454 e. The predicted molar refractivity (Wildman–Crippen MR) is 142 cm³/mol. The van der Waals surface area contributed by atoms with Crippen molar-refractivity contribution < 1.29 is 14.3 Å². The van der Waals surface area contributed by atoms with Gasteiger partial charge in [-0.3, -0.25) is 4.90 Å². The van der Waals surface area contributed by atoms with Gasteiger partial charge in [-0.05, 0) is 92.8 Å². The molecule has 1 saturated heterocycles. The second-order valence-corrected chi connectivity index (χ2v) is 11.2. The first-order chi connectivity index (χ1) is 17.6. The molecule has 7 nitrogen and oxygen atoms in total. The van der Waals surface area contributed by atoms with Crippen molar-refractivity contribution >= 4 is 29.0 Å². The maximum atomic E-state index is 12.4. The molecule has 2 amide bonds. The van der Waals surface area contributed by atoms with Crippen LogP contribution in [0, 0.1) is 11.3 Å². The molecule has 1 spiro atoms. The van der Waals surface area contributed by atoms with E-state index in [9.17, 15) is 4.79 Å². The maximum Gasteiger partial charge on any atom is 0.319 e. The van der Waals surface area contributed by atoms with Crippen LogP contribution in [0.25, 0.3) is 0 Å². The van der Waals surface area contributed by atoms with Crippen molar-refractivity contribution in [3.63, 3.8) is 0 Å². The first-order valence-corrected chi connectivity index (χ1v) is 13.6. The Labute approximate surface area is 218 Å². The molecular weight excluding hydrogens is 476 g/mol. The van der Waals surface area contributed by atoms with E-state index in [-0.39, 0.29) is 6.03 Å². The lowest BCUT2D eigenvalue weighted by Gasteiger charge is -2.37. The highest BCUT2D eigenvalue weighted by Crippen LogP contribution is 2.57. The Morgan fingerprint density at radius 1 is 1.03 bits per heavy atom.